The Morgan fingerprint density at radius 3 is 2.00 bits per heavy atom. The predicted molar refractivity (Wildman–Crippen MR) is 106 cm³/mol. The maximum atomic E-state index is 13.1. The summed E-state index contributed by atoms with van der Waals surface area (Å²) in [6.07, 6.45) is 0.336. The Morgan fingerprint density at radius 1 is 0.963 bits per heavy atom. The van der Waals surface area contributed by atoms with E-state index in [1.54, 1.807) is 12.1 Å². The Bertz CT molecular complexity index is 796. The molecule has 142 valence electrons. The van der Waals surface area contributed by atoms with Crippen molar-refractivity contribution in [2.45, 2.75) is 58.2 Å². The van der Waals surface area contributed by atoms with Gasteiger partial charge in [-0.15, -0.1) is 0 Å². The van der Waals surface area contributed by atoms with Crippen LogP contribution in [0.4, 0.5) is 4.39 Å². The monoisotopic (exact) mass is 368 g/mol. The minimum absolute atomic E-state index is 0.102. The Hall–Kier alpha value is -1.98. The van der Waals surface area contributed by atoms with Gasteiger partial charge in [0, 0.05) is 12.3 Å². The number of Topliss-reactive ketones (excluding diaryl/α,β-unsaturated/α-hetero) is 1. The van der Waals surface area contributed by atoms with Gasteiger partial charge in [-0.05, 0) is 56.4 Å². The molecule has 3 nitrogen and oxygen atoms in total. The molecule has 27 heavy (non-hydrogen) atoms. The van der Waals surface area contributed by atoms with E-state index in [1.807, 2.05) is 58.9 Å². The lowest BCUT2D eigenvalue weighted by Crippen LogP contribution is -2.41. The van der Waals surface area contributed by atoms with Crippen LogP contribution >= 0.6 is 0 Å². The van der Waals surface area contributed by atoms with Crippen molar-refractivity contribution in [2.75, 3.05) is 0 Å². The first-order valence-electron chi connectivity index (χ1n) is 9.32. The van der Waals surface area contributed by atoms with E-state index in [-0.39, 0.29) is 28.7 Å². The van der Waals surface area contributed by atoms with Crippen molar-refractivity contribution in [3.8, 4) is 0 Å². The van der Waals surface area contributed by atoms with Crippen LogP contribution in [0.1, 0.15) is 51.7 Å². The van der Waals surface area contributed by atoms with Gasteiger partial charge in [0.05, 0.1) is 11.2 Å². The molecule has 1 fully saturated rings. The fraction of sp³-hybridized carbons (Fsp3) is 0.409. The number of carbonyl (C=O) groups excluding carboxylic acids is 1. The number of ketones is 1. The van der Waals surface area contributed by atoms with Gasteiger partial charge in [-0.3, -0.25) is 4.79 Å². The lowest BCUT2D eigenvalue weighted by Gasteiger charge is -2.32. The van der Waals surface area contributed by atoms with E-state index < -0.39 is 7.12 Å². The van der Waals surface area contributed by atoms with E-state index in [9.17, 15) is 9.18 Å². The molecule has 1 atom stereocenters. The van der Waals surface area contributed by atoms with Crippen molar-refractivity contribution in [3.05, 3.63) is 65.5 Å². The standard InChI is InChI=1S/C22H26BFO3/c1-15(17-8-12-19(24)13-9-17)20(25)14-16-6-10-18(11-7-16)23-26-21(2,3)22(4,5)27-23/h6-13,15H,14H2,1-5H3/t15-/m1/s1. The quantitative estimate of drug-likeness (QED) is 0.748. The van der Waals surface area contributed by atoms with Gasteiger partial charge < -0.3 is 9.31 Å². The summed E-state index contributed by atoms with van der Waals surface area (Å²) >= 11 is 0. The molecule has 1 saturated heterocycles. The Labute approximate surface area is 161 Å². The summed E-state index contributed by atoms with van der Waals surface area (Å²) in [5, 5.41) is 0. The lowest BCUT2D eigenvalue weighted by atomic mass is 9.78. The minimum atomic E-state index is -0.405. The fourth-order valence-corrected chi connectivity index (χ4v) is 3.06. The van der Waals surface area contributed by atoms with E-state index in [0.717, 1.165) is 16.6 Å². The van der Waals surface area contributed by atoms with E-state index >= 15 is 0 Å². The second-order valence-electron chi connectivity index (χ2n) is 8.25. The third-order valence-electron chi connectivity index (χ3n) is 5.74. The summed E-state index contributed by atoms with van der Waals surface area (Å²) in [5.74, 6) is -0.463. The van der Waals surface area contributed by atoms with Gasteiger partial charge in [-0.25, -0.2) is 4.39 Å². The van der Waals surface area contributed by atoms with E-state index in [1.165, 1.54) is 12.1 Å². The number of rotatable bonds is 5. The molecule has 0 saturated carbocycles. The summed E-state index contributed by atoms with van der Waals surface area (Å²) in [6, 6.07) is 13.9. The zero-order chi connectivity index (χ0) is 19.8. The number of hydrogen-bond donors (Lipinski definition) is 0. The third kappa shape index (κ3) is 4.15. The van der Waals surface area contributed by atoms with Gasteiger partial charge in [0.1, 0.15) is 11.6 Å². The molecule has 0 radical (unpaired) electrons. The topological polar surface area (TPSA) is 35.5 Å². The summed E-state index contributed by atoms with van der Waals surface area (Å²) in [4.78, 5) is 12.6. The van der Waals surface area contributed by atoms with Crippen molar-refractivity contribution >= 4 is 18.4 Å². The average Bonchev–Trinajstić information content (AvgIpc) is 2.83. The van der Waals surface area contributed by atoms with Crippen LogP contribution in [0.5, 0.6) is 0 Å². The van der Waals surface area contributed by atoms with Gasteiger partial charge in [-0.2, -0.15) is 0 Å². The molecule has 0 aliphatic carbocycles. The molecule has 3 rings (SSSR count). The number of halogens is 1. The zero-order valence-corrected chi connectivity index (χ0v) is 16.6. The molecule has 0 bridgehead atoms. The second-order valence-corrected chi connectivity index (χ2v) is 8.25. The molecule has 1 aliphatic heterocycles. The maximum Gasteiger partial charge on any atom is 0.494 e. The highest BCUT2D eigenvalue weighted by Crippen LogP contribution is 2.36. The van der Waals surface area contributed by atoms with E-state index in [0.29, 0.717) is 6.42 Å². The van der Waals surface area contributed by atoms with Crippen molar-refractivity contribution in [2.24, 2.45) is 0 Å². The Morgan fingerprint density at radius 2 is 1.48 bits per heavy atom. The van der Waals surface area contributed by atoms with Crippen LogP contribution in [-0.2, 0) is 20.5 Å². The van der Waals surface area contributed by atoms with Gasteiger partial charge in [0.2, 0.25) is 0 Å². The summed E-state index contributed by atoms with van der Waals surface area (Å²) in [7, 11) is -0.405. The van der Waals surface area contributed by atoms with Gasteiger partial charge in [0.15, 0.2) is 0 Å². The first kappa shape index (κ1) is 19.8. The van der Waals surface area contributed by atoms with Crippen LogP contribution in [0, 0.1) is 5.82 Å². The van der Waals surface area contributed by atoms with Gasteiger partial charge >= 0.3 is 7.12 Å². The molecule has 1 heterocycles. The van der Waals surface area contributed by atoms with Crippen molar-refractivity contribution < 1.29 is 18.5 Å². The molecule has 1 aliphatic rings. The third-order valence-corrected chi connectivity index (χ3v) is 5.74. The molecule has 2 aromatic rings. The molecule has 0 unspecified atom stereocenters. The zero-order valence-electron chi connectivity index (χ0n) is 16.6. The fourth-order valence-electron chi connectivity index (χ4n) is 3.06. The predicted octanol–water partition coefficient (Wildman–Crippen LogP) is 4.04. The minimum Gasteiger partial charge on any atom is -0.399 e. The normalized spacial score (nSPS) is 19.1. The summed E-state index contributed by atoms with van der Waals surface area (Å²) in [5.41, 5.74) is 1.95. The molecule has 0 amide bonds. The smallest absolute Gasteiger partial charge is 0.399 e. The Balaban J connectivity index is 1.66. The highest BCUT2D eigenvalue weighted by Gasteiger charge is 2.51. The number of benzene rings is 2. The van der Waals surface area contributed by atoms with Crippen molar-refractivity contribution in [1.29, 1.82) is 0 Å². The summed E-state index contributed by atoms with van der Waals surface area (Å²) < 4.78 is 25.2. The van der Waals surface area contributed by atoms with Crippen LogP contribution in [0.3, 0.4) is 0 Å². The molecular weight excluding hydrogens is 342 g/mol. The van der Waals surface area contributed by atoms with Crippen LogP contribution in [0.15, 0.2) is 48.5 Å². The Kier molecular flexibility index (Phi) is 5.28. The van der Waals surface area contributed by atoms with E-state index in [4.69, 9.17) is 9.31 Å². The average molecular weight is 368 g/mol. The SMILES string of the molecule is C[C@@H](C(=O)Cc1ccc(B2OC(C)(C)C(C)(C)O2)cc1)c1ccc(F)cc1. The van der Waals surface area contributed by atoms with Gasteiger partial charge in [-0.1, -0.05) is 43.3 Å². The maximum absolute atomic E-state index is 13.1. The van der Waals surface area contributed by atoms with Crippen molar-refractivity contribution in [1.82, 2.24) is 0 Å². The van der Waals surface area contributed by atoms with Crippen LogP contribution in [-0.4, -0.2) is 24.1 Å². The first-order chi connectivity index (χ1) is 12.6. The molecule has 0 N–H and O–H groups in total. The van der Waals surface area contributed by atoms with Crippen molar-refractivity contribution in [3.63, 3.8) is 0 Å². The highest BCUT2D eigenvalue weighted by molar-refractivity contribution is 6.62. The molecule has 2 aromatic carbocycles. The number of hydrogen-bond acceptors (Lipinski definition) is 3. The molecule has 0 aromatic heterocycles. The summed E-state index contributed by atoms with van der Waals surface area (Å²) in [6.45, 7) is 9.95. The van der Waals surface area contributed by atoms with E-state index in [2.05, 4.69) is 0 Å². The highest BCUT2D eigenvalue weighted by atomic mass is 19.1. The molecule has 0 spiro atoms. The largest absolute Gasteiger partial charge is 0.494 e. The number of carbonyl (C=O) groups is 1. The second kappa shape index (κ2) is 7.21. The first-order valence-corrected chi connectivity index (χ1v) is 9.32. The lowest BCUT2D eigenvalue weighted by molar-refractivity contribution is -0.119. The van der Waals surface area contributed by atoms with Crippen LogP contribution in [0.25, 0.3) is 0 Å². The molecule has 5 heteroatoms. The van der Waals surface area contributed by atoms with Gasteiger partial charge in [0.25, 0.3) is 0 Å². The molecular formula is C22H26BFO3. The van der Waals surface area contributed by atoms with Crippen LogP contribution < -0.4 is 5.46 Å². The van der Waals surface area contributed by atoms with Crippen LogP contribution in [0.2, 0.25) is 0 Å².